The molecule has 2 rings (SSSR count). The predicted octanol–water partition coefficient (Wildman–Crippen LogP) is 2.50. The zero-order valence-corrected chi connectivity index (χ0v) is 17.7. The minimum Gasteiger partial charge on any atom is -0.381 e. The van der Waals surface area contributed by atoms with Gasteiger partial charge in [0.15, 0.2) is 5.96 Å². The Hall–Kier alpha value is -0.850. The van der Waals surface area contributed by atoms with Crippen molar-refractivity contribution in [3.63, 3.8) is 0 Å². The van der Waals surface area contributed by atoms with Crippen molar-refractivity contribution < 1.29 is 9.47 Å². The van der Waals surface area contributed by atoms with Crippen LogP contribution in [-0.2, 0) is 9.47 Å². The molecule has 0 amide bonds. The van der Waals surface area contributed by atoms with E-state index in [1.807, 2.05) is 0 Å². The summed E-state index contributed by atoms with van der Waals surface area (Å²) in [6.45, 7) is 14.4. The second kappa shape index (κ2) is 14.2. The molecule has 0 aromatic heterocycles. The standard InChI is InChI=1S/C21H42N4O2/c1-3-22-21(23-10-4-12-25-13-6-19(2)7-14-25)24-11-5-15-27-18-20-8-16-26-17-9-20/h19-20H,3-18H2,1-2H3,(H2,22,23,24). The zero-order chi connectivity index (χ0) is 19.2. The molecule has 6 heteroatoms. The number of nitrogens with one attached hydrogen (secondary N) is 2. The summed E-state index contributed by atoms with van der Waals surface area (Å²) in [7, 11) is 0. The third kappa shape index (κ3) is 10.3. The highest BCUT2D eigenvalue weighted by atomic mass is 16.5. The summed E-state index contributed by atoms with van der Waals surface area (Å²) in [5, 5.41) is 6.81. The maximum Gasteiger partial charge on any atom is 0.191 e. The van der Waals surface area contributed by atoms with Crippen molar-refractivity contribution in [3.8, 4) is 0 Å². The molecule has 0 saturated carbocycles. The third-order valence-electron chi connectivity index (χ3n) is 5.58. The van der Waals surface area contributed by atoms with E-state index in [0.717, 1.165) is 77.2 Å². The number of piperidine rings is 1. The quantitative estimate of drug-likeness (QED) is 0.327. The first-order valence-electron chi connectivity index (χ1n) is 11.2. The zero-order valence-electron chi connectivity index (χ0n) is 17.7. The van der Waals surface area contributed by atoms with Crippen LogP contribution in [0.3, 0.4) is 0 Å². The van der Waals surface area contributed by atoms with Crippen molar-refractivity contribution in [2.75, 3.05) is 65.7 Å². The molecule has 2 heterocycles. The average molecular weight is 383 g/mol. The molecular weight excluding hydrogens is 340 g/mol. The van der Waals surface area contributed by atoms with Crippen LogP contribution in [0.15, 0.2) is 4.99 Å². The molecule has 0 aromatic rings. The average Bonchev–Trinajstić information content (AvgIpc) is 2.70. The number of hydrogen-bond acceptors (Lipinski definition) is 4. The molecule has 27 heavy (non-hydrogen) atoms. The Morgan fingerprint density at radius 3 is 2.63 bits per heavy atom. The lowest BCUT2D eigenvalue weighted by molar-refractivity contribution is 0.0205. The van der Waals surface area contributed by atoms with Crippen LogP contribution in [0.2, 0.25) is 0 Å². The van der Waals surface area contributed by atoms with Crippen LogP contribution in [0.1, 0.15) is 52.4 Å². The van der Waals surface area contributed by atoms with E-state index < -0.39 is 0 Å². The molecule has 2 aliphatic heterocycles. The van der Waals surface area contributed by atoms with Gasteiger partial charge in [0.1, 0.15) is 0 Å². The fourth-order valence-electron chi connectivity index (χ4n) is 3.66. The van der Waals surface area contributed by atoms with E-state index in [2.05, 4.69) is 34.4 Å². The number of nitrogens with zero attached hydrogens (tertiary/aromatic N) is 2. The van der Waals surface area contributed by atoms with Gasteiger partial charge in [-0.25, -0.2) is 0 Å². The van der Waals surface area contributed by atoms with E-state index in [0.29, 0.717) is 5.92 Å². The van der Waals surface area contributed by atoms with Crippen LogP contribution in [0.5, 0.6) is 0 Å². The lowest BCUT2D eigenvalue weighted by atomic mass is 9.99. The number of ether oxygens (including phenoxy) is 2. The molecule has 6 nitrogen and oxygen atoms in total. The molecule has 0 unspecified atom stereocenters. The first kappa shape index (κ1) is 22.4. The Morgan fingerprint density at radius 1 is 1.11 bits per heavy atom. The van der Waals surface area contributed by atoms with Gasteiger partial charge in [-0.2, -0.15) is 0 Å². The van der Waals surface area contributed by atoms with E-state index in [1.54, 1.807) is 0 Å². The maximum absolute atomic E-state index is 5.82. The summed E-state index contributed by atoms with van der Waals surface area (Å²) in [5.74, 6) is 2.53. The first-order chi connectivity index (χ1) is 13.3. The molecule has 0 aliphatic carbocycles. The van der Waals surface area contributed by atoms with E-state index in [-0.39, 0.29) is 0 Å². The van der Waals surface area contributed by atoms with Crippen molar-refractivity contribution in [2.24, 2.45) is 16.8 Å². The topological polar surface area (TPSA) is 58.1 Å². The highest BCUT2D eigenvalue weighted by Gasteiger charge is 2.15. The fraction of sp³-hybridized carbons (Fsp3) is 0.952. The van der Waals surface area contributed by atoms with E-state index in [4.69, 9.17) is 9.47 Å². The Kier molecular flexibility index (Phi) is 11.8. The van der Waals surface area contributed by atoms with Crippen molar-refractivity contribution in [2.45, 2.75) is 52.4 Å². The molecule has 0 aromatic carbocycles. The number of likely N-dealkylation sites (tertiary alicyclic amines) is 1. The van der Waals surface area contributed by atoms with Gasteiger partial charge in [-0.3, -0.25) is 4.99 Å². The summed E-state index contributed by atoms with van der Waals surface area (Å²) in [6.07, 6.45) is 7.15. The molecule has 2 aliphatic rings. The molecule has 2 saturated heterocycles. The van der Waals surface area contributed by atoms with Crippen LogP contribution in [-0.4, -0.2) is 76.6 Å². The third-order valence-corrected chi connectivity index (χ3v) is 5.58. The second-order valence-electron chi connectivity index (χ2n) is 8.05. The molecule has 158 valence electrons. The van der Waals surface area contributed by atoms with Gasteiger partial charge in [-0.15, -0.1) is 0 Å². The van der Waals surface area contributed by atoms with E-state index >= 15 is 0 Å². The summed E-state index contributed by atoms with van der Waals surface area (Å²) >= 11 is 0. The second-order valence-corrected chi connectivity index (χ2v) is 8.05. The summed E-state index contributed by atoms with van der Waals surface area (Å²) in [5.41, 5.74) is 0. The first-order valence-corrected chi connectivity index (χ1v) is 11.2. The number of rotatable bonds is 11. The van der Waals surface area contributed by atoms with Gasteiger partial charge in [0.25, 0.3) is 0 Å². The van der Waals surface area contributed by atoms with Crippen molar-refractivity contribution >= 4 is 5.96 Å². The largest absolute Gasteiger partial charge is 0.381 e. The Balaban J connectivity index is 1.49. The van der Waals surface area contributed by atoms with Gasteiger partial charge >= 0.3 is 0 Å². The molecular formula is C21H42N4O2. The summed E-state index contributed by atoms with van der Waals surface area (Å²) in [4.78, 5) is 7.27. The minimum atomic E-state index is 0.685. The SMILES string of the molecule is CCNC(=NCCCOCC1CCOCC1)NCCCN1CCC(C)CC1. The molecule has 2 fully saturated rings. The van der Waals surface area contributed by atoms with Crippen LogP contribution in [0.4, 0.5) is 0 Å². The van der Waals surface area contributed by atoms with Crippen molar-refractivity contribution in [3.05, 3.63) is 0 Å². The molecule has 2 N–H and O–H groups in total. The van der Waals surface area contributed by atoms with Gasteiger partial charge < -0.3 is 25.0 Å². The summed E-state index contributed by atoms with van der Waals surface area (Å²) < 4.78 is 11.2. The normalized spacial score (nSPS) is 20.7. The predicted molar refractivity (Wildman–Crippen MR) is 112 cm³/mol. The lowest BCUT2D eigenvalue weighted by Crippen LogP contribution is -2.39. The number of aliphatic imine (C=N–C) groups is 1. The Labute approximate surface area is 166 Å². The van der Waals surface area contributed by atoms with Crippen molar-refractivity contribution in [1.82, 2.24) is 15.5 Å². The van der Waals surface area contributed by atoms with E-state index in [9.17, 15) is 0 Å². The molecule has 0 atom stereocenters. The van der Waals surface area contributed by atoms with Gasteiger partial charge in [-0.05, 0) is 76.9 Å². The van der Waals surface area contributed by atoms with E-state index in [1.165, 1.54) is 38.9 Å². The van der Waals surface area contributed by atoms with Crippen LogP contribution >= 0.6 is 0 Å². The van der Waals surface area contributed by atoms with Crippen LogP contribution in [0.25, 0.3) is 0 Å². The monoisotopic (exact) mass is 382 g/mol. The lowest BCUT2D eigenvalue weighted by Gasteiger charge is -2.30. The van der Waals surface area contributed by atoms with Gasteiger partial charge in [0.05, 0.1) is 0 Å². The highest BCUT2D eigenvalue weighted by molar-refractivity contribution is 5.79. The van der Waals surface area contributed by atoms with Crippen LogP contribution < -0.4 is 10.6 Å². The van der Waals surface area contributed by atoms with Gasteiger partial charge in [0.2, 0.25) is 0 Å². The van der Waals surface area contributed by atoms with Gasteiger partial charge in [-0.1, -0.05) is 6.92 Å². The molecule has 0 spiro atoms. The highest BCUT2D eigenvalue weighted by Crippen LogP contribution is 2.16. The maximum atomic E-state index is 5.82. The number of hydrogen-bond donors (Lipinski definition) is 2. The number of guanidine groups is 1. The van der Waals surface area contributed by atoms with Gasteiger partial charge in [0, 0.05) is 46.1 Å². The minimum absolute atomic E-state index is 0.685. The molecule has 0 radical (unpaired) electrons. The molecule has 0 bridgehead atoms. The summed E-state index contributed by atoms with van der Waals surface area (Å²) in [6, 6.07) is 0. The van der Waals surface area contributed by atoms with Crippen molar-refractivity contribution in [1.29, 1.82) is 0 Å². The smallest absolute Gasteiger partial charge is 0.191 e. The fourth-order valence-corrected chi connectivity index (χ4v) is 3.66. The Bertz CT molecular complexity index is 392. The van der Waals surface area contributed by atoms with Crippen LogP contribution in [0, 0.1) is 11.8 Å². The Morgan fingerprint density at radius 2 is 1.89 bits per heavy atom.